The van der Waals surface area contributed by atoms with Gasteiger partial charge in [-0.05, 0) is 24.3 Å². The lowest BCUT2D eigenvalue weighted by atomic mass is 10.2. The van der Waals surface area contributed by atoms with Crippen molar-refractivity contribution >= 4 is 29.1 Å². The smallest absolute Gasteiger partial charge is 0.251 e. The van der Waals surface area contributed by atoms with Gasteiger partial charge in [-0.2, -0.15) is 0 Å². The Morgan fingerprint density at radius 3 is 2.65 bits per heavy atom. The highest BCUT2D eigenvalue weighted by molar-refractivity contribution is 6.17. The highest BCUT2D eigenvalue weighted by Gasteiger charge is 2.08. The van der Waals surface area contributed by atoms with Gasteiger partial charge in [0.2, 0.25) is 0 Å². The summed E-state index contributed by atoms with van der Waals surface area (Å²) in [6.45, 7) is 0.253. The lowest BCUT2D eigenvalue weighted by molar-refractivity contribution is 0.0947. The third-order valence-corrected chi connectivity index (χ3v) is 2.89. The van der Waals surface area contributed by atoms with E-state index in [0.29, 0.717) is 22.8 Å². The van der Waals surface area contributed by atoms with Gasteiger partial charge in [0.1, 0.15) is 5.75 Å². The zero-order valence-corrected chi connectivity index (χ0v) is 11.9. The lowest BCUT2D eigenvalue weighted by Crippen LogP contribution is -2.22. The highest BCUT2D eigenvalue weighted by atomic mass is 35.5. The van der Waals surface area contributed by atoms with Crippen LogP contribution in [-0.2, 0) is 12.4 Å². The number of carbonyl (C=O) groups excluding carboxylic acids is 1. The number of hydrogen-bond acceptors (Lipinski definition) is 4. The molecule has 0 bridgehead atoms. The maximum atomic E-state index is 11.9. The average molecular weight is 315 g/mol. The first-order chi connectivity index (χ1) is 9.72. The van der Waals surface area contributed by atoms with E-state index in [-0.39, 0.29) is 24.4 Å². The van der Waals surface area contributed by atoms with Gasteiger partial charge < -0.3 is 14.6 Å². The van der Waals surface area contributed by atoms with Crippen LogP contribution in [0.4, 0.5) is 0 Å². The summed E-state index contributed by atoms with van der Waals surface area (Å²) in [6.07, 6.45) is 0. The van der Waals surface area contributed by atoms with E-state index in [0.717, 1.165) is 0 Å². The van der Waals surface area contributed by atoms with Gasteiger partial charge in [0, 0.05) is 11.6 Å². The minimum atomic E-state index is -0.216. The number of rotatable bonds is 6. The molecule has 1 amide bonds. The fourth-order valence-electron chi connectivity index (χ4n) is 1.54. The number of halogens is 2. The molecule has 0 atom stereocenters. The zero-order chi connectivity index (χ0) is 14.4. The molecule has 0 fully saturated rings. The number of nitrogens with one attached hydrogen (secondary N) is 1. The van der Waals surface area contributed by atoms with Crippen LogP contribution >= 0.6 is 23.2 Å². The molecule has 1 heterocycles. The zero-order valence-electron chi connectivity index (χ0n) is 10.4. The number of nitrogens with zero attached hydrogens (tertiary/aromatic N) is 1. The molecule has 0 spiro atoms. The summed E-state index contributed by atoms with van der Waals surface area (Å²) in [5, 5.41) is 6.45. The molecular weight excluding hydrogens is 303 g/mol. The molecule has 0 unspecified atom stereocenters. The second-order valence-corrected chi connectivity index (χ2v) is 4.36. The Hall–Kier alpha value is -1.72. The van der Waals surface area contributed by atoms with Crippen LogP contribution in [0.3, 0.4) is 0 Å². The van der Waals surface area contributed by atoms with Gasteiger partial charge in [0.25, 0.3) is 5.91 Å². The fraction of sp³-hybridized carbons (Fsp3) is 0.231. The number of benzene rings is 1. The van der Waals surface area contributed by atoms with E-state index >= 15 is 0 Å². The van der Waals surface area contributed by atoms with E-state index in [1.165, 1.54) is 0 Å². The summed E-state index contributed by atoms with van der Waals surface area (Å²) >= 11 is 11.1. The van der Waals surface area contributed by atoms with E-state index < -0.39 is 0 Å². The molecule has 0 radical (unpaired) electrons. The second-order valence-electron chi connectivity index (χ2n) is 3.88. The molecule has 0 aliphatic rings. The van der Waals surface area contributed by atoms with Crippen molar-refractivity contribution in [3.8, 4) is 5.75 Å². The van der Waals surface area contributed by atoms with Crippen LogP contribution < -0.4 is 10.1 Å². The van der Waals surface area contributed by atoms with Crippen LogP contribution in [0.15, 0.2) is 34.9 Å². The van der Waals surface area contributed by atoms with Crippen molar-refractivity contribution in [3.63, 3.8) is 0 Å². The number of ether oxygens (including phenoxy) is 1. The predicted octanol–water partition coefficient (Wildman–Crippen LogP) is 2.92. The summed E-state index contributed by atoms with van der Waals surface area (Å²) in [5.41, 5.74) is 1.16. The van der Waals surface area contributed by atoms with Crippen molar-refractivity contribution in [3.05, 3.63) is 47.3 Å². The molecule has 2 rings (SSSR count). The summed E-state index contributed by atoms with van der Waals surface area (Å²) in [4.78, 5) is 11.9. The van der Waals surface area contributed by atoms with Crippen molar-refractivity contribution in [2.75, 3.05) is 6.07 Å². The third kappa shape index (κ3) is 3.88. The predicted molar refractivity (Wildman–Crippen MR) is 75.0 cm³/mol. The van der Waals surface area contributed by atoms with Crippen LogP contribution in [0.5, 0.6) is 5.75 Å². The topological polar surface area (TPSA) is 64.4 Å². The van der Waals surface area contributed by atoms with Crippen molar-refractivity contribution in [1.29, 1.82) is 0 Å². The molecular formula is C13H12Cl2N2O3. The summed E-state index contributed by atoms with van der Waals surface area (Å²) in [5.74, 6) is 1.22. The summed E-state index contributed by atoms with van der Waals surface area (Å²) < 4.78 is 10.1. The second kappa shape index (κ2) is 7.17. The Bertz CT molecular complexity index is 569. The fourth-order valence-corrected chi connectivity index (χ4v) is 1.79. The normalized spacial score (nSPS) is 10.3. The van der Waals surface area contributed by atoms with Gasteiger partial charge in [0.15, 0.2) is 11.8 Å². The molecule has 1 aromatic heterocycles. The summed E-state index contributed by atoms with van der Waals surface area (Å²) in [6, 6.07) is 8.43. The molecule has 0 saturated carbocycles. The van der Waals surface area contributed by atoms with Gasteiger partial charge in [-0.25, -0.2) is 0 Å². The van der Waals surface area contributed by atoms with E-state index in [9.17, 15) is 4.79 Å². The van der Waals surface area contributed by atoms with E-state index in [4.69, 9.17) is 32.5 Å². The van der Waals surface area contributed by atoms with Crippen molar-refractivity contribution in [2.45, 2.75) is 12.4 Å². The highest BCUT2D eigenvalue weighted by Crippen LogP contribution is 2.13. The Kier molecular flexibility index (Phi) is 5.26. The standard InChI is InChI=1S/C13H12Cl2N2O3/c14-6-10-5-12(20-17-10)7-16-13(18)9-1-3-11(4-2-9)19-8-15/h1-5H,6-8H2,(H,16,18). The van der Waals surface area contributed by atoms with Crippen LogP contribution in [0.2, 0.25) is 0 Å². The van der Waals surface area contributed by atoms with Gasteiger partial charge in [0.05, 0.1) is 18.1 Å². The van der Waals surface area contributed by atoms with Gasteiger partial charge in [-0.1, -0.05) is 16.8 Å². The van der Waals surface area contributed by atoms with Crippen molar-refractivity contribution in [2.24, 2.45) is 0 Å². The minimum absolute atomic E-state index is 0.0694. The van der Waals surface area contributed by atoms with Crippen LogP contribution in [0.1, 0.15) is 21.8 Å². The Labute approximate surface area is 125 Å². The lowest BCUT2D eigenvalue weighted by Gasteiger charge is -2.05. The SMILES string of the molecule is O=C(NCc1cc(CCl)no1)c1ccc(OCCl)cc1. The number of alkyl halides is 2. The number of hydrogen-bond donors (Lipinski definition) is 1. The van der Waals surface area contributed by atoms with Gasteiger partial charge in [-0.3, -0.25) is 4.79 Å². The molecule has 7 heteroatoms. The van der Waals surface area contributed by atoms with E-state index in [1.807, 2.05) is 0 Å². The quantitative estimate of drug-likeness (QED) is 0.833. The molecule has 0 saturated heterocycles. The number of carbonyl (C=O) groups is 1. The van der Waals surface area contributed by atoms with Crippen molar-refractivity contribution in [1.82, 2.24) is 10.5 Å². The molecule has 2 aromatic rings. The molecule has 0 aliphatic heterocycles. The number of amides is 1. The maximum absolute atomic E-state index is 11.9. The minimum Gasteiger partial charge on any atom is -0.478 e. The molecule has 1 aromatic carbocycles. The van der Waals surface area contributed by atoms with E-state index in [2.05, 4.69) is 10.5 Å². The largest absolute Gasteiger partial charge is 0.478 e. The Balaban J connectivity index is 1.90. The average Bonchev–Trinajstić information content (AvgIpc) is 2.94. The van der Waals surface area contributed by atoms with Crippen LogP contribution in [-0.4, -0.2) is 17.1 Å². The molecule has 20 heavy (non-hydrogen) atoms. The Morgan fingerprint density at radius 1 is 1.30 bits per heavy atom. The molecule has 106 valence electrons. The first kappa shape index (κ1) is 14.7. The van der Waals surface area contributed by atoms with Gasteiger partial charge in [-0.15, -0.1) is 11.6 Å². The molecule has 5 nitrogen and oxygen atoms in total. The summed E-state index contributed by atoms with van der Waals surface area (Å²) in [7, 11) is 0. The van der Waals surface area contributed by atoms with E-state index in [1.54, 1.807) is 30.3 Å². The monoisotopic (exact) mass is 314 g/mol. The Morgan fingerprint density at radius 2 is 2.05 bits per heavy atom. The van der Waals surface area contributed by atoms with Crippen LogP contribution in [0.25, 0.3) is 0 Å². The maximum Gasteiger partial charge on any atom is 0.251 e. The number of aromatic nitrogens is 1. The van der Waals surface area contributed by atoms with Gasteiger partial charge >= 0.3 is 0 Å². The first-order valence-electron chi connectivity index (χ1n) is 5.80. The molecule has 0 aliphatic carbocycles. The van der Waals surface area contributed by atoms with Crippen molar-refractivity contribution < 1.29 is 14.1 Å². The van der Waals surface area contributed by atoms with Crippen LogP contribution in [0, 0.1) is 0 Å². The third-order valence-electron chi connectivity index (χ3n) is 2.51. The molecule has 1 N–H and O–H groups in total. The first-order valence-corrected chi connectivity index (χ1v) is 6.87.